The topological polar surface area (TPSA) is 72.8 Å². The minimum Gasteiger partial charge on any atom is -0.258 e. The molecule has 1 fully saturated rings. The molecule has 0 amide bonds. The number of fused-ring (bicyclic) bond motifs is 1. The Morgan fingerprint density at radius 2 is 2.06 bits per heavy atom. The van der Waals surface area contributed by atoms with Gasteiger partial charge in [-0.2, -0.15) is 5.10 Å². The highest BCUT2D eigenvalue weighted by molar-refractivity contribution is 7.07. The standard InChI is InChI=1S/C25H23FN4O2S/c1-25(2)18-11-10-17(20(25)13-18)14-27-29-23(16-6-5-7-19(12-16)30(31)32)15-33-24(29)28-22-9-4-3-8-21(22)26/h3-10,12,14-15,18,20H,11,13H2,1-2H3. The second-order valence-corrected chi connectivity index (χ2v) is 9.91. The van der Waals surface area contributed by atoms with Crippen molar-refractivity contribution in [2.45, 2.75) is 26.7 Å². The first-order valence-corrected chi connectivity index (χ1v) is 11.7. The van der Waals surface area contributed by atoms with Gasteiger partial charge >= 0.3 is 0 Å². The van der Waals surface area contributed by atoms with Gasteiger partial charge in [-0.3, -0.25) is 10.1 Å². The lowest BCUT2D eigenvalue weighted by Gasteiger charge is -2.55. The van der Waals surface area contributed by atoms with Gasteiger partial charge in [-0.1, -0.05) is 44.2 Å². The molecular formula is C25H23FN4O2S. The maximum atomic E-state index is 14.3. The summed E-state index contributed by atoms with van der Waals surface area (Å²) in [7, 11) is 0. The van der Waals surface area contributed by atoms with Crippen LogP contribution in [0.4, 0.5) is 15.8 Å². The van der Waals surface area contributed by atoms with Gasteiger partial charge in [0.2, 0.25) is 4.80 Å². The van der Waals surface area contributed by atoms with E-state index in [2.05, 4.69) is 24.9 Å². The minimum absolute atomic E-state index is 0.000861. The molecule has 2 bridgehead atoms. The summed E-state index contributed by atoms with van der Waals surface area (Å²) in [6.45, 7) is 4.61. The number of nitro benzene ring substituents is 1. The summed E-state index contributed by atoms with van der Waals surface area (Å²) >= 11 is 1.31. The van der Waals surface area contributed by atoms with E-state index in [0.717, 1.165) is 12.3 Å². The number of allylic oxidation sites excluding steroid dienone is 2. The molecule has 1 heterocycles. The molecule has 0 radical (unpaired) electrons. The number of para-hydroxylation sites is 1. The number of hydrogen-bond donors (Lipinski definition) is 0. The average Bonchev–Trinajstić information content (AvgIpc) is 3.21. The molecule has 33 heavy (non-hydrogen) atoms. The Morgan fingerprint density at radius 1 is 1.24 bits per heavy atom. The molecule has 2 atom stereocenters. The van der Waals surface area contributed by atoms with E-state index in [1.165, 1.54) is 41.5 Å². The van der Waals surface area contributed by atoms with Gasteiger partial charge < -0.3 is 0 Å². The molecule has 1 aromatic heterocycles. The zero-order valence-corrected chi connectivity index (χ0v) is 19.1. The van der Waals surface area contributed by atoms with E-state index in [1.54, 1.807) is 35.0 Å². The van der Waals surface area contributed by atoms with Crippen LogP contribution in [0.2, 0.25) is 0 Å². The molecule has 3 aliphatic carbocycles. The predicted molar refractivity (Wildman–Crippen MR) is 128 cm³/mol. The number of rotatable bonds is 5. The lowest BCUT2D eigenvalue weighted by atomic mass is 9.49. The molecule has 0 spiro atoms. The maximum Gasteiger partial charge on any atom is 0.270 e. The average molecular weight is 463 g/mol. The van der Waals surface area contributed by atoms with E-state index in [1.807, 2.05) is 11.6 Å². The van der Waals surface area contributed by atoms with E-state index in [4.69, 9.17) is 5.10 Å². The largest absolute Gasteiger partial charge is 0.270 e. The zero-order chi connectivity index (χ0) is 23.2. The molecule has 6 rings (SSSR count). The fourth-order valence-electron chi connectivity index (χ4n) is 4.78. The van der Waals surface area contributed by atoms with E-state index >= 15 is 0 Å². The Balaban J connectivity index is 1.62. The molecule has 1 saturated carbocycles. The Hall–Kier alpha value is -3.39. The van der Waals surface area contributed by atoms with Crippen LogP contribution < -0.4 is 4.80 Å². The molecule has 8 heteroatoms. The molecule has 0 aliphatic heterocycles. The molecule has 0 saturated heterocycles. The van der Waals surface area contributed by atoms with Gasteiger partial charge in [0.25, 0.3) is 5.69 Å². The van der Waals surface area contributed by atoms with Gasteiger partial charge in [-0.25, -0.2) is 14.1 Å². The predicted octanol–water partition coefficient (Wildman–Crippen LogP) is 6.32. The maximum absolute atomic E-state index is 14.3. The van der Waals surface area contributed by atoms with E-state index < -0.39 is 10.7 Å². The Morgan fingerprint density at radius 3 is 2.79 bits per heavy atom. The normalized spacial score (nSPS) is 21.7. The number of thiazole rings is 1. The van der Waals surface area contributed by atoms with Crippen molar-refractivity contribution < 1.29 is 9.31 Å². The van der Waals surface area contributed by atoms with Crippen LogP contribution in [0.5, 0.6) is 0 Å². The Bertz CT molecular complexity index is 1370. The van der Waals surface area contributed by atoms with Crippen molar-refractivity contribution in [1.82, 2.24) is 4.68 Å². The first-order chi connectivity index (χ1) is 15.8. The number of nitrogens with zero attached hydrogens (tertiary/aromatic N) is 4. The monoisotopic (exact) mass is 462 g/mol. The molecule has 3 aliphatic rings. The third kappa shape index (κ3) is 3.84. The summed E-state index contributed by atoms with van der Waals surface area (Å²) < 4.78 is 15.9. The zero-order valence-electron chi connectivity index (χ0n) is 18.3. The van der Waals surface area contributed by atoms with Crippen LogP contribution in [0, 0.1) is 33.2 Å². The third-order valence-electron chi connectivity index (χ3n) is 6.94. The SMILES string of the molecule is CC1(C)C2CC=C(C=Nn3c(-c4cccc([N+](=O)[O-])c4)csc3=Nc3ccccc3F)C1C2. The Kier molecular flexibility index (Phi) is 5.32. The van der Waals surface area contributed by atoms with Gasteiger partial charge in [0.05, 0.1) is 16.8 Å². The summed E-state index contributed by atoms with van der Waals surface area (Å²) in [4.78, 5) is 15.9. The number of nitro groups is 1. The number of halogens is 1. The van der Waals surface area contributed by atoms with Crippen LogP contribution in [-0.2, 0) is 0 Å². The third-order valence-corrected chi connectivity index (χ3v) is 7.76. The van der Waals surface area contributed by atoms with Gasteiger partial charge in [0.1, 0.15) is 11.5 Å². The van der Waals surface area contributed by atoms with Crippen molar-refractivity contribution in [3.05, 3.63) is 86.3 Å². The summed E-state index contributed by atoms with van der Waals surface area (Å²) in [5.74, 6) is 0.767. The summed E-state index contributed by atoms with van der Waals surface area (Å²) in [5, 5.41) is 17.9. The fraction of sp³-hybridized carbons (Fsp3) is 0.280. The first kappa shape index (κ1) is 21.5. The number of hydrogen-bond acceptors (Lipinski definition) is 5. The van der Waals surface area contributed by atoms with Gasteiger partial charge in [-0.05, 0) is 47.8 Å². The highest BCUT2D eigenvalue weighted by atomic mass is 32.1. The van der Waals surface area contributed by atoms with Gasteiger partial charge in [0.15, 0.2) is 0 Å². The highest BCUT2D eigenvalue weighted by Crippen LogP contribution is 2.58. The van der Waals surface area contributed by atoms with Crippen molar-refractivity contribution in [3.63, 3.8) is 0 Å². The molecule has 0 N–H and O–H groups in total. The number of aromatic nitrogens is 1. The molecule has 3 aromatic rings. The minimum atomic E-state index is -0.421. The number of non-ortho nitro benzene ring substituents is 1. The highest BCUT2D eigenvalue weighted by Gasteiger charge is 2.50. The van der Waals surface area contributed by atoms with Crippen LogP contribution in [0.15, 0.2) is 75.7 Å². The van der Waals surface area contributed by atoms with Crippen molar-refractivity contribution in [3.8, 4) is 11.3 Å². The van der Waals surface area contributed by atoms with Crippen LogP contribution in [0.25, 0.3) is 11.3 Å². The van der Waals surface area contributed by atoms with Crippen molar-refractivity contribution >= 4 is 28.9 Å². The second-order valence-electron chi connectivity index (χ2n) is 9.08. The molecule has 6 nitrogen and oxygen atoms in total. The van der Waals surface area contributed by atoms with E-state index in [0.29, 0.717) is 22.0 Å². The molecular weight excluding hydrogens is 439 g/mol. The number of benzene rings is 2. The summed E-state index contributed by atoms with van der Waals surface area (Å²) in [6.07, 6.45) is 6.34. The van der Waals surface area contributed by atoms with Gasteiger partial charge in [-0.15, -0.1) is 11.3 Å². The lowest BCUT2D eigenvalue weighted by molar-refractivity contribution is -0.384. The van der Waals surface area contributed by atoms with Crippen LogP contribution in [0.3, 0.4) is 0 Å². The van der Waals surface area contributed by atoms with Crippen molar-refractivity contribution in [2.75, 3.05) is 0 Å². The van der Waals surface area contributed by atoms with Crippen LogP contribution in [-0.4, -0.2) is 15.8 Å². The smallest absolute Gasteiger partial charge is 0.258 e. The Labute approximate surface area is 194 Å². The van der Waals surface area contributed by atoms with Crippen molar-refractivity contribution in [1.29, 1.82) is 0 Å². The van der Waals surface area contributed by atoms with Gasteiger partial charge in [0, 0.05) is 23.1 Å². The van der Waals surface area contributed by atoms with E-state index in [9.17, 15) is 14.5 Å². The van der Waals surface area contributed by atoms with E-state index in [-0.39, 0.29) is 16.8 Å². The molecule has 168 valence electrons. The lowest BCUT2D eigenvalue weighted by Crippen LogP contribution is -2.48. The summed E-state index contributed by atoms with van der Waals surface area (Å²) in [6, 6.07) is 12.7. The molecule has 2 aromatic carbocycles. The fourth-order valence-corrected chi connectivity index (χ4v) is 5.63. The quantitative estimate of drug-likeness (QED) is 0.253. The van der Waals surface area contributed by atoms with Crippen LogP contribution >= 0.6 is 11.3 Å². The second kappa shape index (κ2) is 8.19. The first-order valence-electron chi connectivity index (χ1n) is 10.8. The summed E-state index contributed by atoms with van der Waals surface area (Å²) in [5.41, 5.74) is 2.99. The van der Waals surface area contributed by atoms with Crippen molar-refractivity contribution in [2.24, 2.45) is 27.3 Å². The van der Waals surface area contributed by atoms with Crippen LogP contribution in [0.1, 0.15) is 26.7 Å². The molecule has 2 unspecified atom stereocenters.